The molecule has 19 heavy (non-hydrogen) atoms. The number of halogens is 1. The predicted molar refractivity (Wildman–Crippen MR) is 79.9 cm³/mol. The van der Waals surface area contributed by atoms with Gasteiger partial charge in [0, 0.05) is 10.9 Å². The summed E-state index contributed by atoms with van der Waals surface area (Å²) in [6.45, 7) is 1.80. The van der Waals surface area contributed by atoms with Crippen molar-refractivity contribution in [2.75, 3.05) is 5.33 Å². The molecule has 1 fully saturated rings. The van der Waals surface area contributed by atoms with Crippen LogP contribution < -0.4 is 5.32 Å². The standard InChI is InChI=1S/C15H20BrNO2/c1-11-9-12(5-6-13(11)18)14(19)17-15(10-16)7-3-2-4-8-15/h5-6,9,18H,2-4,7-8,10H2,1H3,(H,17,19). The van der Waals surface area contributed by atoms with Gasteiger partial charge in [-0.2, -0.15) is 0 Å². The van der Waals surface area contributed by atoms with Gasteiger partial charge in [0.1, 0.15) is 5.75 Å². The van der Waals surface area contributed by atoms with Gasteiger partial charge in [-0.3, -0.25) is 4.79 Å². The number of nitrogens with one attached hydrogen (secondary N) is 1. The number of hydrogen-bond acceptors (Lipinski definition) is 2. The molecule has 0 aromatic heterocycles. The third kappa shape index (κ3) is 3.30. The van der Waals surface area contributed by atoms with Gasteiger partial charge >= 0.3 is 0 Å². The molecule has 4 heteroatoms. The van der Waals surface area contributed by atoms with Gasteiger partial charge in [-0.1, -0.05) is 35.2 Å². The molecule has 0 atom stereocenters. The van der Waals surface area contributed by atoms with Crippen molar-refractivity contribution in [2.45, 2.75) is 44.6 Å². The smallest absolute Gasteiger partial charge is 0.251 e. The van der Waals surface area contributed by atoms with E-state index in [2.05, 4.69) is 21.2 Å². The lowest BCUT2D eigenvalue weighted by atomic mass is 9.83. The number of aryl methyl sites for hydroxylation is 1. The molecule has 1 saturated carbocycles. The minimum Gasteiger partial charge on any atom is -0.508 e. The van der Waals surface area contributed by atoms with Crippen molar-refractivity contribution in [3.8, 4) is 5.75 Å². The SMILES string of the molecule is Cc1cc(C(=O)NC2(CBr)CCCCC2)ccc1O. The van der Waals surface area contributed by atoms with E-state index in [1.54, 1.807) is 25.1 Å². The van der Waals surface area contributed by atoms with E-state index in [1.165, 1.54) is 19.3 Å². The highest BCUT2D eigenvalue weighted by atomic mass is 79.9. The summed E-state index contributed by atoms with van der Waals surface area (Å²) in [5, 5.41) is 13.5. The number of alkyl halides is 1. The minimum atomic E-state index is -0.110. The number of amides is 1. The van der Waals surface area contributed by atoms with Gasteiger partial charge in [-0.15, -0.1) is 0 Å². The normalized spacial score (nSPS) is 18.0. The fraction of sp³-hybridized carbons (Fsp3) is 0.533. The van der Waals surface area contributed by atoms with Crippen LogP contribution in [0.4, 0.5) is 0 Å². The molecule has 0 aliphatic heterocycles. The van der Waals surface area contributed by atoms with Crippen LogP contribution in [0, 0.1) is 6.92 Å². The van der Waals surface area contributed by atoms with E-state index in [0.29, 0.717) is 5.56 Å². The monoisotopic (exact) mass is 325 g/mol. The van der Waals surface area contributed by atoms with E-state index in [-0.39, 0.29) is 17.2 Å². The summed E-state index contributed by atoms with van der Waals surface area (Å²) in [6, 6.07) is 4.98. The first kappa shape index (κ1) is 14.4. The maximum absolute atomic E-state index is 12.3. The maximum Gasteiger partial charge on any atom is 0.251 e. The van der Waals surface area contributed by atoms with Crippen LogP contribution in [0.1, 0.15) is 48.0 Å². The van der Waals surface area contributed by atoms with Crippen LogP contribution in [-0.4, -0.2) is 21.9 Å². The quantitative estimate of drug-likeness (QED) is 0.835. The first-order valence-electron chi connectivity index (χ1n) is 6.74. The highest BCUT2D eigenvalue weighted by molar-refractivity contribution is 9.09. The van der Waals surface area contributed by atoms with Gasteiger partial charge in [0.25, 0.3) is 5.91 Å². The fourth-order valence-corrected chi connectivity index (χ4v) is 3.33. The van der Waals surface area contributed by atoms with Crippen molar-refractivity contribution in [3.05, 3.63) is 29.3 Å². The van der Waals surface area contributed by atoms with Gasteiger partial charge < -0.3 is 10.4 Å². The number of aromatic hydroxyl groups is 1. The molecule has 1 aliphatic rings. The Morgan fingerprint density at radius 3 is 2.63 bits per heavy atom. The Hall–Kier alpha value is -1.03. The minimum absolute atomic E-state index is 0.0514. The topological polar surface area (TPSA) is 49.3 Å². The average molecular weight is 326 g/mol. The molecule has 0 bridgehead atoms. The van der Waals surface area contributed by atoms with Gasteiger partial charge in [0.2, 0.25) is 0 Å². The molecule has 2 N–H and O–H groups in total. The summed E-state index contributed by atoms with van der Waals surface area (Å²) >= 11 is 3.54. The van der Waals surface area contributed by atoms with Crippen LogP contribution in [0.2, 0.25) is 0 Å². The molecular formula is C15H20BrNO2. The van der Waals surface area contributed by atoms with Crippen LogP contribution in [0.5, 0.6) is 5.75 Å². The third-order valence-corrected chi connectivity index (χ3v) is 4.98. The second-order valence-corrected chi connectivity index (χ2v) is 5.99. The van der Waals surface area contributed by atoms with Crippen molar-refractivity contribution in [1.29, 1.82) is 0 Å². The van der Waals surface area contributed by atoms with Crippen molar-refractivity contribution in [3.63, 3.8) is 0 Å². The van der Waals surface area contributed by atoms with Gasteiger partial charge in [0.05, 0.1) is 5.54 Å². The lowest BCUT2D eigenvalue weighted by Crippen LogP contribution is -2.51. The molecule has 0 spiro atoms. The summed E-state index contributed by atoms with van der Waals surface area (Å²) in [4.78, 5) is 12.3. The van der Waals surface area contributed by atoms with Gasteiger partial charge in [-0.25, -0.2) is 0 Å². The number of rotatable bonds is 3. The predicted octanol–water partition coefficient (Wildman–Crippen LogP) is 3.53. The number of carbonyl (C=O) groups excluding carboxylic acids is 1. The van der Waals surface area contributed by atoms with Gasteiger partial charge in [-0.05, 0) is 43.5 Å². The molecule has 1 aromatic rings. The van der Waals surface area contributed by atoms with Crippen LogP contribution in [0.3, 0.4) is 0 Å². The van der Waals surface area contributed by atoms with Crippen LogP contribution >= 0.6 is 15.9 Å². The molecule has 1 amide bonds. The van der Waals surface area contributed by atoms with Crippen molar-refractivity contribution >= 4 is 21.8 Å². The van der Waals surface area contributed by atoms with Crippen LogP contribution in [-0.2, 0) is 0 Å². The van der Waals surface area contributed by atoms with E-state index >= 15 is 0 Å². The molecule has 3 nitrogen and oxygen atoms in total. The number of phenols is 1. The molecule has 1 aliphatic carbocycles. The molecular weight excluding hydrogens is 306 g/mol. The highest BCUT2D eigenvalue weighted by Gasteiger charge is 2.32. The van der Waals surface area contributed by atoms with Gasteiger partial charge in [0.15, 0.2) is 0 Å². The summed E-state index contributed by atoms with van der Waals surface area (Å²) < 4.78 is 0. The Morgan fingerprint density at radius 1 is 1.37 bits per heavy atom. The Kier molecular flexibility index (Phi) is 4.50. The molecule has 0 unspecified atom stereocenters. The summed E-state index contributed by atoms with van der Waals surface area (Å²) in [7, 11) is 0. The summed E-state index contributed by atoms with van der Waals surface area (Å²) in [6.07, 6.45) is 5.64. The van der Waals surface area contributed by atoms with Crippen molar-refractivity contribution < 1.29 is 9.90 Å². The molecule has 2 rings (SSSR count). The van der Waals surface area contributed by atoms with E-state index in [0.717, 1.165) is 23.7 Å². The van der Waals surface area contributed by atoms with Crippen LogP contribution in [0.15, 0.2) is 18.2 Å². The summed E-state index contributed by atoms with van der Waals surface area (Å²) in [5.74, 6) is 0.175. The lowest BCUT2D eigenvalue weighted by molar-refractivity contribution is 0.0886. The van der Waals surface area contributed by atoms with Crippen LogP contribution in [0.25, 0.3) is 0 Å². The molecule has 0 radical (unpaired) electrons. The van der Waals surface area contributed by atoms with Crippen molar-refractivity contribution in [1.82, 2.24) is 5.32 Å². The molecule has 104 valence electrons. The third-order valence-electron chi connectivity index (χ3n) is 3.90. The zero-order valence-electron chi connectivity index (χ0n) is 11.2. The van der Waals surface area contributed by atoms with E-state index in [1.807, 2.05) is 0 Å². The molecule has 0 heterocycles. The summed E-state index contributed by atoms with van der Waals surface area (Å²) in [5.41, 5.74) is 1.23. The average Bonchev–Trinajstić information content (AvgIpc) is 2.43. The Balaban J connectivity index is 2.12. The Labute approximate surface area is 122 Å². The molecule has 1 aromatic carbocycles. The fourth-order valence-electron chi connectivity index (χ4n) is 2.63. The molecule has 0 saturated heterocycles. The van der Waals surface area contributed by atoms with E-state index in [4.69, 9.17) is 0 Å². The number of benzene rings is 1. The first-order valence-corrected chi connectivity index (χ1v) is 7.87. The van der Waals surface area contributed by atoms with E-state index in [9.17, 15) is 9.90 Å². The maximum atomic E-state index is 12.3. The number of hydrogen-bond donors (Lipinski definition) is 2. The largest absolute Gasteiger partial charge is 0.508 e. The zero-order valence-corrected chi connectivity index (χ0v) is 12.8. The Morgan fingerprint density at radius 2 is 2.05 bits per heavy atom. The first-order chi connectivity index (χ1) is 9.06. The van der Waals surface area contributed by atoms with E-state index < -0.39 is 0 Å². The highest BCUT2D eigenvalue weighted by Crippen LogP contribution is 2.30. The number of phenolic OH excluding ortho intramolecular Hbond substituents is 1. The second kappa shape index (κ2) is 5.95. The number of carbonyl (C=O) groups is 1. The second-order valence-electron chi connectivity index (χ2n) is 5.43. The lowest BCUT2D eigenvalue weighted by Gasteiger charge is -2.36. The van der Waals surface area contributed by atoms with Crippen molar-refractivity contribution in [2.24, 2.45) is 0 Å². The Bertz CT molecular complexity index is 467. The zero-order chi connectivity index (χ0) is 13.9.